The number of carbonyl (C=O) groups is 1. The Morgan fingerprint density at radius 2 is 1.96 bits per heavy atom. The highest BCUT2D eigenvalue weighted by Crippen LogP contribution is 2.30. The largest absolute Gasteiger partial charge is 0.308 e. The van der Waals surface area contributed by atoms with Crippen molar-refractivity contribution in [1.82, 2.24) is 14.8 Å². The van der Waals surface area contributed by atoms with Crippen LogP contribution in [0, 0.1) is 11.6 Å². The van der Waals surface area contributed by atoms with Crippen LogP contribution in [0.1, 0.15) is 22.3 Å². The third-order valence-corrected chi connectivity index (χ3v) is 4.26. The zero-order valence-electron chi connectivity index (χ0n) is 13.2. The van der Waals surface area contributed by atoms with Crippen LogP contribution in [0.15, 0.2) is 49.1 Å². The Balaban J connectivity index is 1.71. The number of rotatable bonds is 2. The van der Waals surface area contributed by atoms with Crippen LogP contribution in [-0.4, -0.2) is 27.2 Å². The average Bonchev–Trinajstić information content (AvgIpc) is 3.16. The van der Waals surface area contributed by atoms with Gasteiger partial charge in [-0.25, -0.2) is 18.4 Å². The van der Waals surface area contributed by atoms with Crippen molar-refractivity contribution in [2.75, 3.05) is 11.4 Å². The van der Waals surface area contributed by atoms with Gasteiger partial charge in [-0.3, -0.25) is 4.79 Å². The molecule has 0 bridgehead atoms. The summed E-state index contributed by atoms with van der Waals surface area (Å²) in [6.45, 7) is 0.463. The van der Waals surface area contributed by atoms with Crippen LogP contribution in [0.3, 0.4) is 0 Å². The SMILES string of the molecule is O=C(c1cccc(-n2cncn2)c1)N1CCCc2cc(F)c(F)cc21. The number of halogens is 2. The van der Waals surface area contributed by atoms with Gasteiger partial charge in [-0.2, -0.15) is 5.10 Å². The van der Waals surface area contributed by atoms with Crippen LogP contribution in [0.5, 0.6) is 0 Å². The molecule has 1 aliphatic heterocycles. The lowest BCUT2D eigenvalue weighted by Gasteiger charge is -2.29. The van der Waals surface area contributed by atoms with E-state index in [0.29, 0.717) is 41.9 Å². The molecule has 0 N–H and O–H groups in total. The molecular weight excluding hydrogens is 326 g/mol. The molecule has 3 aromatic rings. The zero-order valence-corrected chi connectivity index (χ0v) is 13.2. The van der Waals surface area contributed by atoms with Gasteiger partial charge in [-0.15, -0.1) is 0 Å². The van der Waals surface area contributed by atoms with Gasteiger partial charge in [0.05, 0.1) is 11.4 Å². The molecule has 1 amide bonds. The van der Waals surface area contributed by atoms with Crippen LogP contribution < -0.4 is 4.90 Å². The lowest BCUT2D eigenvalue weighted by atomic mass is 10.00. The average molecular weight is 340 g/mol. The van der Waals surface area contributed by atoms with Crippen LogP contribution in [-0.2, 0) is 6.42 Å². The van der Waals surface area contributed by atoms with Gasteiger partial charge in [-0.1, -0.05) is 6.07 Å². The number of aryl methyl sites for hydroxylation is 1. The summed E-state index contributed by atoms with van der Waals surface area (Å²) in [7, 11) is 0. The van der Waals surface area contributed by atoms with Gasteiger partial charge >= 0.3 is 0 Å². The van der Waals surface area contributed by atoms with Crippen LogP contribution in [0.4, 0.5) is 14.5 Å². The van der Waals surface area contributed by atoms with E-state index in [1.807, 2.05) is 6.07 Å². The Bertz CT molecular complexity index is 940. The van der Waals surface area contributed by atoms with E-state index in [0.717, 1.165) is 6.07 Å². The fraction of sp³-hybridized carbons (Fsp3) is 0.167. The molecule has 0 fully saturated rings. The van der Waals surface area contributed by atoms with Crippen molar-refractivity contribution in [2.45, 2.75) is 12.8 Å². The van der Waals surface area contributed by atoms with E-state index in [4.69, 9.17) is 0 Å². The molecule has 4 rings (SSSR count). The molecule has 25 heavy (non-hydrogen) atoms. The Labute approximate surface area is 142 Å². The van der Waals surface area contributed by atoms with Crippen molar-refractivity contribution in [2.24, 2.45) is 0 Å². The van der Waals surface area contributed by atoms with E-state index in [1.165, 1.54) is 23.6 Å². The van der Waals surface area contributed by atoms with Crippen LogP contribution in [0.2, 0.25) is 0 Å². The number of nitrogens with zero attached hydrogens (tertiary/aromatic N) is 4. The van der Waals surface area contributed by atoms with E-state index < -0.39 is 11.6 Å². The monoisotopic (exact) mass is 340 g/mol. The van der Waals surface area contributed by atoms with E-state index in [-0.39, 0.29) is 5.91 Å². The molecule has 1 aromatic heterocycles. The predicted molar refractivity (Wildman–Crippen MR) is 87.7 cm³/mol. The number of anilines is 1. The summed E-state index contributed by atoms with van der Waals surface area (Å²) in [6, 6.07) is 9.23. The number of fused-ring (bicyclic) bond motifs is 1. The maximum Gasteiger partial charge on any atom is 0.258 e. The lowest BCUT2D eigenvalue weighted by molar-refractivity contribution is 0.0985. The minimum absolute atomic E-state index is 0.256. The van der Waals surface area contributed by atoms with Crippen molar-refractivity contribution in [1.29, 1.82) is 0 Å². The topological polar surface area (TPSA) is 51.0 Å². The molecule has 0 atom stereocenters. The van der Waals surface area contributed by atoms with Crippen LogP contribution >= 0.6 is 0 Å². The molecule has 0 saturated carbocycles. The minimum atomic E-state index is -0.949. The summed E-state index contributed by atoms with van der Waals surface area (Å²) in [6.07, 6.45) is 4.27. The third kappa shape index (κ3) is 2.77. The molecule has 0 radical (unpaired) electrons. The molecule has 0 spiro atoms. The highest BCUT2D eigenvalue weighted by Gasteiger charge is 2.25. The number of hydrogen-bond acceptors (Lipinski definition) is 3. The smallest absolute Gasteiger partial charge is 0.258 e. The molecule has 1 aliphatic rings. The first kappa shape index (κ1) is 15.4. The van der Waals surface area contributed by atoms with Gasteiger partial charge in [-0.05, 0) is 42.7 Å². The zero-order chi connectivity index (χ0) is 17.4. The van der Waals surface area contributed by atoms with Crippen molar-refractivity contribution >= 4 is 11.6 Å². The molecule has 2 heterocycles. The van der Waals surface area contributed by atoms with Gasteiger partial charge < -0.3 is 4.90 Å². The molecule has 0 aliphatic carbocycles. The van der Waals surface area contributed by atoms with E-state index in [1.54, 1.807) is 22.9 Å². The Hall–Kier alpha value is -3.09. The van der Waals surface area contributed by atoms with Crippen molar-refractivity contribution in [3.05, 3.63) is 71.8 Å². The van der Waals surface area contributed by atoms with Gasteiger partial charge in [0.15, 0.2) is 11.6 Å². The predicted octanol–water partition coefficient (Wildman–Crippen LogP) is 3.14. The standard InChI is InChI=1S/C18H14F2N4O/c19-15-8-12-4-2-6-23(17(12)9-16(15)20)18(25)13-3-1-5-14(7-13)24-11-21-10-22-24/h1,3,5,7-11H,2,4,6H2. The molecule has 5 nitrogen and oxygen atoms in total. The van der Waals surface area contributed by atoms with Gasteiger partial charge in [0, 0.05) is 18.2 Å². The summed E-state index contributed by atoms with van der Waals surface area (Å²) < 4.78 is 28.7. The Kier molecular flexibility index (Phi) is 3.76. The van der Waals surface area contributed by atoms with Crippen molar-refractivity contribution in [3.63, 3.8) is 0 Å². The highest BCUT2D eigenvalue weighted by atomic mass is 19.2. The number of aromatic nitrogens is 3. The quantitative estimate of drug-likeness (QED) is 0.720. The summed E-state index contributed by atoms with van der Waals surface area (Å²) in [4.78, 5) is 18.3. The van der Waals surface area contributed by atoms with Gasteiger partial charge in [0.2, 0.25) is 0 Å². The first-order chi connectivity index (χ1) is 12.1. The second kappa shape index (κ2) is 6.08. The Morgan fingerprint density at radius 1 is 1.12 bits per heavy atom. The lowest BCUT2D eigenvalue weighted by Crippen LogP contribution is -2.35. The van der Waals surface area contributed by atoms with Gasteiger partial charge in [0.1, 0.15) is 12.7 Å². The molecule has 126 valence electrons. The number of carbonyl (C=O) groups excluding carboxylic acids is 1. The second-order valence-electron chi connectivity index (χ2n) is 5.85. The number of benzene rings is 2. The van der Waals surface area contributed by atoms with Gasteiger partial charge in [0.25, 0.3) is 5.91 Å². The molecule has 0 unspecified atom stereocenters. The Morgan fingerprint density at radius 3 is 2.76 bits per heavy atom. The first-order valence-corrected chi connectivity index (χ1v) is 7.88. The fourth-order valence-corrected chi connectivity index (χ4v) is 3.07. The number of amides is 1. The molecule has 0 saturated heterocycles. The summed E-state index contributed by atoms with van der Waals surface area (Å²) in [5, 5.41) is 4.05. The van der Waals surface area contributed by atoms with Crippen molar-refractivity contribution in [3.8, 4) is 5.69 Å². The van der Waals surface area contributed by atoms with E-state index >= 15 is 0 Å². The maximum atomic E-state index is 13.7. The summed E-state index contributed by atoms with van der Waals surface area (Å²) in [5.41, 5.74) is 2.23. The minimum Gasteiger partial charge on any atom is -0.308 e. The molecule has 2 aromatic carbocycles. The second-order valence-corrected chi connectivity index (χ2v) is 5.85. The first-order valence-electron chi connectivity index (χ1n) is 7.88. The molecule has 7 heteroatoms. The highest BCUT2D eigenvalue weighted by molar-refractivity contribution is 6.07. The molecular formula is C18H14F2N4O. The van der Waals surface area contributed by atoms with E-state index in [2.05, 4.69) is 10.1 Å². The summed E-state index contributed by atoms with van der Waals surface area (Å²) in [5.74, 6) is -2.09. The fourth-order valence-electron chi connectivity index (χ4n) is 3.07. The van der Waals surface area contributed by atoms with Crippen molar-refractivity contribution < 1.29 is 13.6 Å². The summed E-state index contributed by atoms with van der Waals surface area (Å²) >= 11 is 0. The maximum absolute atomic E-state index is 13.7. The van der Waals surface area contributed by atoms with E-state index in [9.17, 15) is 13.6 Å². The third-order valence-electron chi connectivity index (χ3n) is 4.26. The van der Waals surface area contributed by atoms with Crippen LogP contribution in [0.25, 0.3) is 5.69 Å². The number of hydrogen-bond donors (Lipinski definition) is 0. The normalized spacial score (nSPS) is 13.6.